The van der Waals surface area contributed by atoms with Gasteiger partial charge in [-0.25, -0.2) is 4.79 Å². The molecule has 0 unspecified atom stereocenters. The third kappa shape index (κ3) is 3.31. The predicted molar refractivity (Wildman–Crippen MR) is 97.3 cm³/mol. The van der Waals surface area contributed by atoms with Gasteiger partial charge in [-0.2, -0.15) is 13.2 Å². The first kappa shape index (κ1) is 20.3. The molecule has 2 aliphatic rings. The van der Waals surface area contributed by atoms with E-state index in [0.717, 1.165) is 0 Å². The smallest absolute Gasteiger partial charge is 0.437 e. The summed E-state index contributed by atoms with van der Waals surface area (Å²) in [7, 11) is 0. The highest BCUT2D eigenvalue weighted by molar-refractivity contribution is 6.30. The van der Waals surface area contributed by atoms with Gasteiger partial charge < -0.3 is 25.2 Å². The van der Waals surface area contributed by atoms with E-state index in [9.17, 15) is 27.9 Å². The average Bonchev–Trinajstić information content (AvgIpc) is 3.14. The minimum absolute atomic E-state index is 0.0724. The zero-order chi connectivity index (χ0) is 21.7. The summed E-state index contributed by atoms with van der Waals surface area (Å²) in [5.74, 6) is -2.57. The van der Waals surface area contributed by atoms with Gasteiger partial charge in [0.15, 0.2) is 17.3 Å². The van der Waals surface area contributed by atoms with Crippen LogP contribution in [0.15, 0.2) is 42.5 Å². The molecule has 3 N–H and O–H groups in total. The number of carbonyl (C=O) groups excluding carboxylic acids is 2. The number of carbonyl (C=O) groups is 2. The van der Waals surface area contributed by atoms with Crippen molar-refractivity contribution in [3.63, 3.8) is 0 Å². The first-order chi connectivity index (χ1) is 14.1. The van der Waals surface area contributed by atoms with Crippen LogP contribution in [0, 0.1) is 5.92 Å². The number of alkyl halides is 3. The molecule has 11 heteroatoms. The fraction of sp³-hybridized carbons (Fsp3) is 0.263. The van der Waals surface area contributed by atoms with E-state index in [1.54, 1.807) is 0 Å². The highest BCUT2D eigenvalue weighted by Gasteiger charge is 2.66. The largest absolute Gasteiger partial charge is 0.454 e. The Hall–Kier alpha value is -2.98. The first-order valence-electron chi connectivity index (χ1n) is 8.67. The molecular formula is C19H14ClF3N2O5. The van der Waals surface area contributed by atoms with Crippen molar-refractivity contribution in [1.82, 2.24) is 10.6 Å². The Morgan fingerprint density at radius 1 is 1.13 bits per heavy atom. The van der Waals surface area contributed by atoms with Gasteiger partial charge in [-0.05, 0) is 42.0 Å². The maximum atomic E-state index is 13.9. The fourth-order valence-corrected chi connectivity index (χ4v) is 3.64. The van der Waals surface area contributed by atoms with Gasteiger partial charge >= 0.3 is 12.2 Å². The molecule has 2 aromatic rings. The summed E-state index contributed by atoms with van der Waals surface area (Å²) in [6, 6.07) is 6.57. The predicted octanol–water partition coefficient (Wildman–Crippen LogP) is 3.17. The van der Waals surface area contributed by atoms with Crippen LogP contribution in [0.2, 0.25) is 5.02 Å². The Balaban J connectivity index is 1.84. The molecule has 0 spiro atoms. The zero-order valence-electron chi connectivity index (χ0n) is 15.0. The molecule has 1 fully saturated rings. The third-order valence-electron chi connectivity index (χ3n) is 4.97. The highest BCUT2D eigenvalue weighted by Crippen LogP contribution is 2.45. The molecule has 3 atom stereocenters. The lowest BCUT2D eigenvalue weighted by Crippen LogP contribution is -2.72. The number of ether oxygens (including phenoxy) is 2. The van der Waals surface area contributed by atoms with Gasteiger partial charge in [0.25, 0.3) is 0 Å². The number of Topliss-reactive ketones (excluding diaryl/α,β-unsaturated/α-hetero) is 1. The average molecular weight is 443 g/mol. The number of hydrogen-bond acceptors (Lipinski definition) is 5. The van der Waals surface area contributed by atoms with E-state index in [0.29, 0.717) is 5.75 Å². The number of nitrogens with one attached hydrogen (secondary N) is 2. The Morgan fingerprint density at radius 3 is 2.47 bits per heavy atom. The molecule has 0 radical (unpaired) electrons. The molecule has 4 rings (SSSR count). The van der Waals surface area contributed by atoms with E-state index in [4.69, 9.17) is 21.1 Å². The van der Waals surface area contributed by atoms with Crippen LogP contribution in [-0.4, -0.2) is 35.6 Å². The minimum Gasteiger partial charge on any atom is -0.454 e. The number of fused-ring (bicyclic) bond motifs is 1. The van der Waals surface area contributed by atoms with E-state index in [1.807, 2.05) is 0 Å². The molecule has 7 nitrogen and oxygen atoms in total. The molecule has 30 heavy (non-hydrogen) atoms. The molecule has 0 aliphatic carbocycles. The van der Waals surface area contributed by atoms with Gasteiger partial charge in [-0.15, -0.1) is 0 Å². The molecule has 158 valence electrons. The third-order valence-corrected chi connectivity index (χ3v) is 5.23. The molecule has 2 amide bonds. The second-order valence-corrected chi connectivity index (χ2v) is 7.24. The molecule has 0 bridgehead atoms. The number of aliphatic hydroxyl groups is 1. The second-order valence-electron chi connectivity index (χ2n) is 6.80. The van der Waals surface area contributed by atoms with Gasteiger partial charge in [0.2, 0.25) is 12.5 Å². The van der Waals surface area contributed by atoms with E-state index in [1.165, 1.54) is 47.8 Å². The molecule has 2 aliphatic heterocycles. The summed E-state index contributed by atoms with van der Waals surface area (Å²) in [6.45, 7) is -0.0724. The number of urea groups is 1. The van der Waals surface area contributed by atoms with Crippen molar-refractivity contribution in [2.45, 2.75) is 17.9 Å². The van der Waals surface area contributed by atoms with Crippen LogP contribution in [0.4, 0.5) is 18.0 Å². The van der Waals surface area contributed by atoms with Crippen LogP contribution in [-0.2, 0) is 0 Å². The SMILES string of the molecule is O=C1N[C@@H](c2ccc3c(c2)OCO3)[C@@H](C(=O)c2ccc(Cl)cc2)[C@](O)(C(F)(F)F)N1. The number of ketones is 1. The number of benzene rings is 2. The van der Waals surface area contributed by atoms with Crippen molar-refractivity contribution >= 4 is 23.4 Å². The lowest BCUT2D eigenvalue weighted by atomic mass is 9.77. The van der Waals surface area contributed by atoms with Crippen LogP contribution in [0.1, 0.15) is 22.0 Å². The lowest BCUT2D eigenvalue weighted by molar-refractivity contribution is -0.287. The Morgan fingerprint density at radius 2 is 1.80 bits per heavy atom. The van der Waals surface area contributed by atoms with Gasteiger partial charge in [0.1, 0.15) is 5.92 Å². The summed E-state index contributed by atoms with van der Waals surface area (Å²) in [4.78, 5) is 25.2. The van der Waals surface area contributed by atoms with Crippen molar-refractivity contribution in [3.8, 4) is 11.5 Å². The van der Waals surface area contributed by atoms with Gasteiger partial charge in [0.05, 0.1) is 6.04 Å². The monoisotopic (exact) mass is 442 g/mol. The van der Waals surface area contributed by atoms with Gasteiger partial charge in [-0.3, -0.25) is 4.79 Å². The maximum Gasteiger partial charge on any atom is 0.437 e. The summed E-state index contributed by atoms with van der Waals surface area (Å²) < 4.78 is 52.1. The number of rotatable bonds is 3. The normalized spacial score (nSPS) is 25.4. The molecule has 0 saturated carbocycles. The van der Waals surface area contributed by atoms with Crippen LogP contribution in [0.25, 0.3) is 0 Å². The Bertz CT molecular complexity index is 1010. The fourth-order valence-electron chi connectivity index (χ4n) is 3.52. The summed E-state index contributed by atoms with van der Waals surface area (Å²) in [5, 5.41) is 14.6. The summed E-state index contributed by atoms with van der Waals surface area (Å²) in [6.07, 6.45) is -5.34. The van der Waals surface area contributed by atoms with Gasteiger partial charge in [-0.1, -0.05) is 17.7 Å². The standard InChI is InChI=1S/C19H14ClF3N2O5/c20-11-4-1-9(2-5-11)16(26)14-15(10-3-6-12-13(7-10)30-8-29-12)24-17(27)25-18(14,28)19(21,22)23/h1-7,14-15,28H,8H2,(H2,24,25,27)/t14-,15-,18-/m0/s1. The minimum atomic E-state index is -5.34. The number of halogens is 4. The number of amides is 2. The molecule has 1 saturated heterocycles. The van der Waals surface area contributed by atoms with E-state index < -0.39 is 35.7 Å². The van der Waals surface area contributed by atoms with E-state index in [-0.39, 0.29) is 28.7 Å². The lowest BCUT2D eigenvalue weighted by Gasteiger charge is -2.45. The summed E-state index contributed by atoms with van der Waals surface area (Å²) >= 11 is 5.79. The van der Waals surface area contributed by atoms with Crippen LogP contribution in [0.5, 0.6) is 11.5 Å². The van der Waals surface area contributed by atoms with Crippen molar-refractivity contribution in [1.29, 1.82) is 0 Å². The van der Waals surface area contributed by atoms with E-state index >= 15 is 0 Å². The van der Waals surface area contributed by atoms with E-state index in [2.05, 4.69) is 5.32 Å². The zero-order valence-corrected chi connectivity index (χ0v) is 15.8. The topological polar surface area (TPSA) is 96.9 Å². The molecule has 2 aromatic carbocycles. The quantitative estimate of drug-likeness (QED) is 0.634. The van der Waals surface area contributed by atoms with Crippen molar-refractivity contribution < 1.29 is 37.3 Å². The summed E-state index contributed by atoms with van der Waals surface area (Å²) in [5.41, 5.74) is -3.80. The Labute approximate surface area is 172 Å². The van der Waals surface area contributed by atoms with Crippen LogP contribution < -0.4 is 20.1 Å². The first-order valence-corrected chi connectivity index (χ1v) is 9.05. The Kier molecular flexibility index (Phi) is 4.78. The van der Waals surface area contributed by atoms with Crippen LogP contribution in [0.3, 0.4) is 0 Å². The molecule has 2 heterocycles. The molecular weight excluding hydrogens is 429 g/mol. The maximum absolute atomic E-state index is 13.9. The number of hydrogen-bond donors (Lipinski definition) is 3. The highest BCUT2D eigenvalue weighted by atomic mass is 35.5. The van der Waals surface area contributed by atoms with Crippen LogP contribution >= 0.6 is 11.6 Å². The van der Waals surface area contributed by atoms with Gasteiger partial charge in [0, 0.05) is 10.6 Å². The molecule has 0 aromatic heterocycles. The van der Waals surface area contributed by atoms with Crippen molar-refractivity contribution in [2.24, 2.45) is 5.92 Å². The van der Waals surface area contributed by atoms with Crippen molar-refractivity contribution in [3.05, 3.63) is 58.6 Å². The van der Waals surface area contributed by atoms with Crippen molar-refractivity contribution in [2.75, 3.05) is 6.79 Å². The second kappa shape index (κ2) is 7.06.